The second-order valence-corrected chi connectivity index (χ2v) is 5.16. The van der Waals surface area contributed by atoms with Crippen molar-refractivity contribution in [2.24, 2.45) is 0 Å². The van der Waals surface area contributed by atoms with Gasteiger partial charge in [-0.2, -0.15) is 0 Å². The van der Waals surface area contributed by atoms with Crippen LogP contribution in [0.2, 0.25) is 0 Å². The van der Waals surface area contributed by atoms with E-state index in [1.807, 2.05) is 6.07 Å². The lowest BCUT2D eigenvalue weighted by Crippen LogP contribution is -2.32. The SMILES string of the molecule is O=C(Oc1ccccc1)N1CCC([SH](=O)=O)C1. The van der Waals surface area contributed by atoms with Gasteiger partial charge in [-0.1, -0.05) is 18.2 Å². The number of carbonyl (C=O) groups is 1. The van der Waals surface area contributed by atoms with Crippen molar-refractivity contribution in [3.63, 3.8) is 0 Å². The van der Waals surface area contributed by atoms with Gasteiger partial charge >= 0.3 is 6.09 Å². The van der Waals surface area contributed by atoms with Crippen LogP contribution in [0.5, 0.6) is 5.75 Å². The molecule has 0 radical (unpaired) electrons. The molecule has 1 saturated heterocycles. The molecule has 0 spiro atoms. The normalized spacial score (nSPS) is 19.6. The van der Waals surface area contributed by atoms with Crippen LogP contribution in [0.4, 0.5) is 4.79 Å². The van der Waals surface area contributed by atoms with E-state index >= 15 is 0 Å². The summed E-state index contributed by atoms with van der Waals surface area (Å²) in [6, 6.07) is 8.72. The number of hydrogen-bond acceptors (Lipinski definition) is 4. The first kappa shape index (κ1) is 11.9. The van der Waals surface area contributed by atoms with Gasteiger partial charge in [0, 0.05) is 13.1 Å². The Labute approximate surface area is 101 Å². The van der Waals surface area contributed by atoms with Gasteiger partial charge in [0.05, 0.1) is 5.25 Å². The summed E-state index contributed by atoms with van der Waals surface area (Å²) >= 11 is 0. The van der Waals surface area contributed by atoms with Crippen LogP contribution < -0.4 is 4.74 Å². The highest BCUT2D eigenvalue weighted by atomic mass is 32.2. The summed E-state index contributed by atoms with van der Waals surface area (Å²) in [5, 5.41) is -0.437. The Kier molecular flexibility index (Phi) is 3.63. The van der Waals surface area contributed by atoms with Crippen LogP contribution >= 0.6 is 0 Å². The maximum Gasteiger partial charge on any atom is 0.415 e. The summed E-state index contributed by atoms with van der Waals surface area (Å²) in [6.07, 6.45) is -0.00155. The molecule has 0 aliphatic carbocycles. The largest absolute Gasteiger partial charge is 0.415 e. The van der Waals surface area contributed by atoms with Gasteiger partial charge in [0.2, 0.25) is 0 Å². The van der Waals surface area contributed by atoms with Gasteiger partial charge in [0.15, 0.2) is 0 Å². The molecule has 1 aromatic rings. The van der Waals surface area contributed by atoms with Gasteiger partial charge in [0.25, 0.3) is 0 Å². The van der Waals surface area contributed by atoms with E-state index in [0.29, 0.717) is 18.7 Å². The average molecular weight is 255 g/mol. The summed E-state index contributed by atoms with van der Waals surface area (Å²) < 4.78 is 26.7. The minimum Gasteiger partial charge on any atom is -0.410 e. The zero-order valence-corrected chi connectivity index (χ0v) is 10.0. The standard InChI is InChI=1S/C11H13NO4S/c13-11(16-9-4-2-1-3-5-9)12-7-6-10(8-12)17(14)15/h1-5,10,17H,6-8H2. The highest BCUT2D eigenvalue weighted by molar-refractivity contribution is 7.73. The van der Waals surface area contributed by atoms with Crippen LogP contribution in [0.1, 0.15) is 6.42 Å². The number of ether oxygens (including phenoxy) is 1. The minimum absolute atomic E-state index is 0.227. The molecule has 1 aromatic carbocycles. The van der Waals surface area contributed by atoms with Gasteiger partial charge in [-0.25, -0.2) is 13.2 Å². The van der Waals surface area contributed by atoms with Gasteiger partial charge in [-0.05, 0) is 18.6 Å². The smallest absolute Gasteiger partial charge is 0.410 e. The molecule has 1 unspecified atom stereocenters. The molecule has 5 nitrogen and oxygen atoms in total. The van der Waals surface area contributed by atoms with E-state index in [1.165, 1.54) is 4.90 Å². The Bertz CT molecular complexity index is 464. The summed E-state index contributed by atoms with van der Waals surface area (Å²) in [6.45, 7) is 0.657. The van der Waals surface area contributed by atoms with E-state index in [0.717, 1.165) is 0 Å². The molecule has 1 atom stereocenters. The fraction of sp³-hybridized carbons (Fsp3) is 0.364. The van der Waals surface area contributed by atoms with Crippen molar-refractivity contribution in [2.75, 3.05) is 13.1 Å². The molecule has 1 heterocycles. The Hall–Kier alpha value is -1.56. The second kappa shape index (κ2) is 5.18. The maximum absolute atomic E-state index is 11.7. The zero-order chi connectivity index (χ0) is 12.3. The van der Waals surface area contributed by atoms with E-state index in [1.54, 1.807) is 24.3 Å². The zero-order valence-electron chi connectivity index (χ0n) is 9.11. The molecule has 17 heavy (non-hydrogen) atoms. The predicted octanol–water partition coefficient (Wildman–Crippen LogP) is 0.871. The van der Waals surface area contributed by atoms with Crippen molar-refractivity contribution < 1.29 is 17.9 Å². The lowest BCUT2D eigenvalue weighted by molar-refractivity contribution is 0.163. The quantitative estimate of drug-likeness (QED) is 0.796. The fourth-order valence-corrected chi connectivity index (χ4v) is 2.39. The molecule has 0 saturated carbocycles. The highest BCUT2D eigenvalue weighted by Gasteiger charge is 2.29. The van der Waals surface area contributed by atoms with Crippen molar-refractivity contribution in [1.29, 1.82) is 0 Å². The van der Waals surface area contributed by atoms with Crippen LogP contribution in [0.15, 0.2) is 30.3 Å². The molecular weight excluding hydrogens is 242 g/mol. The third kappa shape index (κ3) is 2.97. The van der Waals surface area contributed by atoms with Crippen LogP contribution in [-0.4, -0.2) is 37.8 Å². The number of rotatable bonds is 2. The number of para-hydroxylation sites is 1. The number of nitrogens with zero attached hydrogens (tertiary/aromatic N) is 1. The van der Waals surface area contributed by atoms with Crippen molar-refractivity contribution >= 4 is 16.8 Å². The molecule has 2 rings (SSSR count). The van der Waals surface area contributed by atoms with Crippen molar-refractivity contribution in [2.45, 2.75) is 11.7 Å². The molecule has 1 fully saturated rings. The lowest BCUT2D eigenvalue weighted by Gasteiger charge is -2.14. The van der Waals surface area contributed by atoms with Gasteiger partial charge in [0.1, 0.15) is 16.5 Å². The Morgan fingerprint density at radius 1 is 1.29 bits per heavy atom. The Morgan fingerprint density at radius 3 is 2.59 bits per heavy atom. The number of hydrogen-bond donors (Lipinski definition) is 1. The van der Waals surface area contributed by atoms with E-state index < -0.39 is 22.0 Å². The molecule has 0 N–H and O–H groups in total. The molecule has 1 amide bonds. The number of likely N-dealkylation sites (tertiary alicyclic amines) is 1. The predicted molar refractivity (Wildman–Crippen MR) is 62.8 cm³/mol. The molecular formula is C11H13NO4S. The number of thiol groups is 1. The van der Waals surface area contributed by atoms with Crippen molar-refractivity contribution in [3.8, 4) is 5.75 Å². The van der Waals surface area contributed by atoms with Gasteiger partial charge < -0.3 is 9.64 Å². The van der Waals surface area contributed by atoms with E-state index in [9.17, 15) is 13.2 Å². The van der Waals surface area contributed by atoms with Crippen molar-refractivity contribution in [1.82, 2.24) is 4.90 Å². The minimum atomic E-state index is -2.46. The molecule has 1 aliphatic rings. The Balaban J connectivity index is 1.94. The van der Waals surface area contributed by atoms with E-state index in [2.05, 4.69) is 0 Å². The second-order valence-electron chi connectivity index (χ2n) is 3.85. The molecule has 0 aromatic heterocycles. The van der Waals surface area contributed by atoms with Crippen molar-refractivity contribution in [3.05, 3.63) is 30.3 Å². The summed E-state index contributed by atoms with van der Waals surface area (Å²) in [4.78, 5) is 13.1. The molecule has 1 aliphatic heterocycles. The number of carbonyl (C=O) groups excluding carboxylic acids is 1. The Morgan fingerprint density at radius 2 is 2.00 bits per heavy atom. The maximum atomic E-state index is 11.7. The monoisotopic (exact) mass is 255 g/mol. The van der Waals surface area contributed by atoms with Crippen LogP contribution in [0.25, 0.3) is 0 Å². The number of amides is 1. The lowest BCUT2D eigenvalue weighted by atomic mass is 10.3. The first-order chi connectivity index (χ1) is 8.16. The average Bonchev–Trinajstić information content (AvgIpc) is 2.79. The van der Waals surface area contributed by atoms with Gasteiger partial charge in [-0.15, -0.1) is 0 Å². The molecule has 92 valence electrons. The van der Waals surface area contributed by atoms with Crippen LogP contribution in [-0.2, 0) is 10.7 Å². The van der Waals surface area contributed by atoms with Crippen LogP contribution in [0, 0.1) is 0 Å². The third-order valence-electron chi connectivity index (χ3n) is 2.67. The first-order valence-corrected chi connectivity index (χ1v) is 6.57. The summed E-state index contributed by atoms with van der Waals surface area (Å²) in [7, 11) is -2.46. The van der Waals surface area contributed by atoms with Crippen LogP contribution in [0.3, 0.4) is 0 Å². The third-order valence-corrected chi connectivity index (χ3v) is 3.69. The summed E-state index contributed by atoms with van der Waals surface area (Å²) in [5.41, 5.74) is 0. The first-order valence-electron chi connectivity index (χ1n) is 5.32. The number of benzene rings is 1. The topological polar surface area (TPSA) is 63.7 Å². The van der Waals surface area contributed by atoms with E-state index in [-0.39, 0.29) is 6.54 Å². The molecule has 6 heteroatoms. The highest BCUT2D eigenvalue weighted by Crippen LogP contribution is 2.15. The summed E-state index contributed by atoms with van der Waals surface area (Å²) in [5.74, 6) is 0.465. The van der Waals surface area contributed by atoms with E-state index in [4.69, 9.17) is 4.74 Å². The molecule has 0 bridgehead atoms. The van der Waals surface area contributed by atoms with Gasteiger partial charge in [-0.3, -0.25) is 0 Å². The fourth-order valence-electron chi connectivity index (χ4n) is 1.73.